The topological polar surface area (TPSA) is 55.9 Å². The van der Waals surface area contributed by atoms with Crippen LogP contribution in [0.4, 0.5) is 4.79 Å². The van der Waals surface area contributed by atoms with Crippen LogP contribution in [0.2, 0.25) is 0 Å². The van der Waals surface area contributed by atoms with Crippen LogP contribution in [0.1, 0.15) is 36.0 Å². The minimum Gasteiger partial charge on any atom is -0.337 e. The van der Waals surface area contributed by atoms with Crippen LogP contribution in [-0.2, 0) is 11.3 Å². The number of carbonyl (C=O) groups is 2. The lowest BCUT2D eigenvalue weighted by Crippen LogP contribution is -2.54. The number of piperidine rings is 1. The number of aryl methyl sites for hydroxylation is 2. The first-order chi connectivity index (χ1) is 13.0. The van der Waals surface area contributed by atoms with E-state index in [2.05, 4.69) is 42.3 Å². The number of likely N-dealkylation sites (tertiary alicyclic amines) is 1. The maximum atomic E-state index is 12.5. The molecule has 0 radical (unpaired) electrons. The molecule has 27 heavy (non-hydrogen) atoms. The summed E-state index contributed by atoms with van der Waals surface area (Å²) in [4.78, 5) is 30.7. The zero-order chi connectivity index (χ0) is 19.2. The molecule has 3 rings (SSSR count). The van der Waals surface area contributed by atoms with E-state index in [-0.39, 0.29) is 18.5 Å². The fraction of sp³-hybridized carbons (Fsp3) is 0.619. The zero-order valence-electron chi connectivity index (χ0n) is 16.7. The Morgan fingerprint density at radius 1 is 1.04 bits per heavy atom. The minimum atomic E-state index is -0.119. The second-order valence-electron chi connectivity index (χ2n) is 7.79. The molecular weight excluding hydrogens is 340 g/mol. The van der Waals surface area contributed by atoms with Gasteiger partial charge in [0.25, 0.3) is 0 Å². The highest BCUT2D eigenvalue weighted by Gasteiger charge is 2.27. The smallest absolute Gasteiger partial charge is 0.317 e. The van der Waals surface area contributed by atoms with Gasteiger partial charge in [-0.3, -0.25) is 4.79 Å². The molecule has 0 atom stereocenters. The lowest BCUT2D eigenvalue weighted by Gasteiger charge is -2.34. The third-order valence-corrected chi connectivity index (χ3v) is 5.70. The predicted molar refractivity (Wildman–Crippen MR) is 107 cm³/mol. The summed E-state index contributed by atoms with van der Waals surface area (Å²) in [6.45, 7) is 9.95. The summed E-state index contributed by atoms with van der Waals surface area (Å²) in [6.07, 6.45) is 3.83. The average Bonchev–Trinajstić information content (AvgIpc) is 2.67. The van der Waals surface area contributed by atoms with Gasteiger partial charge < -0.3 is 20.0 Å². The third-order valence-electron chi connectivity index (χ3n) is 5.70. The lowest BCUT2D eigenvalue weighted by molar-refractivity contribution is -0.135. The number of amides is 3. The van der Waals surface area contributed by atoms with Crippen LogP contribution in [0.3, 0.4) is 0 Å². The molecule has 0 aromatic heterocycles. The second kappa shape index (κ2) is 9.22. The summed E-state index contributed by atoms with van der Waals surface area (Å²) in [7, 11) is 0. The lowest BCUT2D eigenvalue weighted by atomic mass is 10.1. The molecule has 2 fully saturated rings. The number of nitrogens with one attached hydrogen (secondary N) is 1. The van der Waals surface area contributed by atoms with Crippen molar-refractivity contribution in [2.75, 3.05) is 45.8 Å². The Bertz CT molecular complexity index is 670. The van der Waals surface area contributed by atoms with E-state index in [0.717, 1.165) is 25.2 Å². The third kappa shape index (κ3) is 5.45. The number of carbonyl (C=O) groups excluding carboxylic acids is 2. The van der Waals surface area contributed by atoms with Gasteiger partial charge in [-0.15, -0.1) is 0 Å². The summed E-state index contributed by atoms with van der Waals surface area (Å²) in [5, 5.41) is 2.97. The Labute approximate surface area is 162 Å². The van der Waals surface area contributed by atoms with Gasteiger partial charge >= 0.3 is 6.03 Å². The molecule has 6 heteroatoms. The van der Waals surface area contributed by atoms with Crippen molar-refractivity contribution < 1.29 is 9.59 Å². The summed E-state index contributed by atoms with van der Waals surface area (Å²) in [6, 6.07) is 6.20. The van der Waals surface area contributed by atoms with Crippen LogP contribution in [0.5, 0.6) is 0 Å². The molecule has 2 saturated heterocycles. The number of urea groups is 1. The quantitative estimate of drug-likeness (QED) is 0.862. The van der Waals surface area contributed by atoms with Gasteiger partial charge in [0.2, 0.25) is 5.91 Å². The molecule has 1 N–H and O–H groups in total. The van der Waals surface area contributed by atoms with Crippen molar-refractivity contribution in [3.8, 4) is 0 Å². The summed E-state index contributed by atoms with van der Waals surface area (Å²) in [5.74, 6) is 0.0191. The molecule has 6 nitrogen and oxygen atoms in total. The number of nitrogens with zero attached hydrogens (tertiary/aromatic N) is 3. The Kier molecular flexibility index (Phi) is 6.72. The number of benzene rings is 1. The second-order valence-corrected chi connectivity index (χ2v) is 7.79. The average molecular weight is 373 g/mol. The van der Waals surface area contributed by atoms with Crippen molar-refractivity contribution in [1.29, 1.82) is 0 Å². The van der Waals surface area contributed by atoms with Crippen LogP contribution < -0.4 is 5.32 Å². The van der Waals surface area contributed by atoms with Gasteiger partial charge in [0.05, 0.1) is 0 Å². The van der Waals surface area contributed by atoms with Crippen molar-refractivity contribution in [2.24, 2.45) is 0 Å². The molecule has 2 heterocycles. The Hall–Kier alpha value is -2.08. The standard InChI is InChI=1S/C21H32N4O2/c1-17-6-7-19(14-18(17)2)15-24-12-13-25(16-20(24)26)21(27)22-8-11-23-9-4-3-5-10-23/h6-7,14H,3-5,8-13,15-16H2,1-2H3,(H,22,27). The highest BCUT2D eigenvalue weighted by Crippen LogP contribution is 2.14. The highest BCUT2D eigenvalue weighted by molar-refractivity contribution is 5.85. The first kappa shape index (κ1) is 19.7. The largest absolute Gasteiger partial charge is 0.337 e. The van der Waals surface area contributed by atoms with E-state index in [1.165, 1.54) is 30.4 Å². The van der Waals surface area contributed by atoms with Gasteiger partial charge in [-0.1, -0.05) is 24.6 Å². The maximum absolute atomic E-state index is 12.5. The molecule has 2 aliphatic rings. The highest BCUT2D eigenvalue weighted by atomic mass is 16.2. The van der Waals surface area contributed by atoms with Crippen molar-refractivity contribution in [2.45, 2.75) is 39.7 Å². The number of rotatable bonds is 5. The molecule has 1 aromatic carbocycles. The van der Waals surface area contributed by atoms with Crippen molar-refractivity contribution >= 4 is 11.9 Å². The molecule has 3 amide bonds. The van der Waals surface area contributed by atoms with E-state index in [1.54, 1.807) is 4.90 Å². The Morgan fingerprint density at radius 3 is 2.52 bits per heavy atom. The zero-order valence-corrected chi connectivity index (χ0v) is 16.7. The van der Waals surface area contributed by atoms with Gasteiger partial charge in [-0.05, 0) is 56.5 Å². The van der Waals surface area contributed by atoms with E-state index in [9.17, 15) is 9.59 Å². The Morgan fingerprint density at radius 2 is 1.81 bits per heavy atom. The first-order valence-corrected chi connectivity index (χ1v) is 10.1. The molecule has 0 unspecified atom stereocenters. The van der Waals surface area contributed by atoms with E-state index in [4.69, 9.17) is 0 Å². The normalized spacial score (nSPS) is 18.7. The molecule has 148 valence electrons. The molecular formula is C21H32N4O2. The van der Waals surface area contributed by atoms with Gasteiger partial charge in [0.1, 0.15) is 6.54 Å². The monoisotopic (exact) mass is 372 g/mol. The van der Waals surface area contributed by atoms with Gasteiger partial charge in [0, 0.05) is 32.7 Å². The van der Waals surface area contributed by atoms with E-state index in [0.29, 0.717) is 26.2 Å². The number of piperazine rings is 1. The van der Waals surface area contributed by atoms with Crippen LogP contribution >= 0.6 is 0 Å². The van der Waals surface area contributed by atoms with Crippen LogP contribution in [-0.4, -0.2) is 72.5 Å². The van der Waals surface area contributed by atoms with Crippen LogP contribution in [0, 0.1) is 13.8 Å². The van der Waals surface area contributed by atoms with Crippen LogP contribution in [0.15, 0.2) is 18.2 Å². The van der Waals surface area contributed by atoms with Crippen LogP contribution in [0.25, 0.3) is 0 Å². The van der Waals surface area contributed by atoms with Crippen molar-refractivity contribution in [3.63, 3.8) is 0 Å². The Balaban J connectivity index is 1.42. The maximum Gasteiger partial charge on any atom is 0.317 e. The van der Waals surface area contributed by atoms with E-state index in [1.807, 2.05) is 4.90 Å². The molecule has 0 spiro atoms. The van der Waals surface area contributed by atoms with Crippen molar-refractivity contribution in [3.05, 3.63) is 34.9 Å². The molecule has 0 saturated carbocycles. The van der Waals surface area contributed by atoms with Crippen molar-refractivity contribution in [1.82, 2.24) is 20.0 Å². The van der Waals surface area contributed by atoms with Gasteiger partial charge in [0.15, 0.2) is 0 Å². The fourth-order valence-corrected chi connectivity index (χ4v) is 3.79. The SMILES string of the molecule is Cc1ccc(CN2CCN(C(=O)NCCN3CCCCC3)CC2=O)cc1C. The summed E-state index contributed by atoms with van der Waals surface area (Å²) >= 11 is 0. The van der Waals surface area contributed by atoms with E-state index < -0.39 is 0 Å². The molecule has 0 aliphatic carbocycles. The van der Waals surface area contributed by atoms with Gasteiger partial charge in [-0.2, -0.15) is 0 Å². The number of hydrogen-bond acceptors (Lipinski definition) is 3. The molecule has 1 aromatic rings. The predicted octanol–water partition coefficient (Wildman–Crippen LogP) is 2.14. The van der Waals surface area contributed by atoms with Gasteiger partial charge in [-0.25, -0.2) is 4.79 Å². The fourth-order valence-electron chi connectivity index (χ4n) is 3.79. The molecule has 2 aliphatic heterocycles. The summed E-state index contributed by atoms with van der Waals surface area (Å²) < 4.78 is 0. The molecule has 0 bridgehead atoms. The first-order valence-electron chi connectivity index (χ1n) is 10.1. The van der Waals surface area contributed by atoms with E-state index >= 15 is 0 Å². The summed E-state index contributed by atoms with van der Waals surface area (Å²) in [5.41, 5.74) is 3.65. The minimum absolute atomic E-state index is 0.0191. The number of hydrogen-bond donors (Lipinski definition) is 1.